The number of hydrogen-bond donors (Lipinski definition) is 1. The third-order valence-corrected chi connectivity index (χ3v) is 2.83. The summed E-state index contributed by atoms with van der Waals surface area (Å²) < 4.78 is 13.5. The van der Waals surface area contributed by atoms with Gasteiger partial charge in [-0.25, -0.2) is 4.39 Å². The minimum absolute atomic E-state index is 0.00990. The van der Waals surface area contributed by atoms with Gasteiger partial charge in [-0.05, 0) is 19.9 Å². The number of carbonyl (C=O) groups excluding carboxylic acids is 1. The van der Waals surface area contributed by atoms with E-state index in [0.717, 1.165) is 0 Å². The van der Waals surface area contributed by atoms with Crippen LogP contribution in [0, 0.1) is 5.82 Å². The van der Waals surface area contributed by atoms with Crippen molar-refractivity contribution in [3.63, 3.8) is 0 Å². The van der Waals surface area contributed by atoms with Crippen LogP contribution in [0.2, 0.25) is 0 Å². The predicted octanol–water partition coefficient (Wildman–Crippen LogP) is 1.95. The van der Waals surface area contributed by atoms with Crippen molar-refractivity contribution >= 4 is 5.91 Å². The molecule has 1 atom stereocenters. The Bertz CT molecular complexity index is 381. The van der Waals surface area contributed by atoms with E-state index < -0.39 is 0 Å². The Morgan fingerprint density at radius 2 is 2.12 bits per heavy atom. The molecular weight excluding hydrogens is 219 g/mol. The molecule has 0 fully saturated rings. The van der Waals surface area contributed by atoms with E-state index >= 15 is 0 Å². The predicted molar refractivity (Wildman–Crippen MR) is 66.1 cm³/mol. The van der Waals surface area contributed by atoms with E-state index in [2.05, 4.69) is 5.32 Å². The van der Waals surface area contributed by atoms with E-state index in [1.807, 2.05) is 13.8 Å². The molecule has 17 heavy (non-hydrogen) atoms. The quantitative estimate of drug-likeness (QED) is 0.850. The lowest BCUT2D eigenvalue weighted by molar-refractivity contribution is -0.128. The molecule has 0 saturated carbocycles. The number of hydrogen-bond acceptors (Lipinski definition) is 2. The van der Waals surface area contributed by atoms with Crippen LogP contribution in [0.3, 0.4) is 0 Å². The largest absolute Gasteiger partial charge is 0.345 e. The maximum atomic E-state index is 13.5. The van der Waals surface area contributed by atoms with Crippen LogP contribution >= 0.6 is 0 Å². The summed E-state index contributed by atoms with van der Waals surface area (Å²) >= 11 is 0. The minimum atomic E-state index is -0.246. The molecule has 1 aromatic carbocycles. The number of nitrogens with zero attached hydrogens (tertiary/aromatic N) is 1. The molecule has 0 aliphatic carbocycles. The van der Waals surface area contributed by atoms with Gasteiger partial charge in [-0.1, -0.05) is 18.2 Å². The minimum Gasteiger partial charge on any atom is -0.345 e. The fourth-order valence-electron chi connectivity index (χ4n) is 1.49. The van der Waals surface area contributed by atoms with Crippen LogP contribution in [0.4, 0.5) is 4.39 Å². The summed E-state index contributed by atoms with van der Waals surface area (Å²) in [7, 11) is 1.75. The number of likely N-dealkylation sites (N-methyl/N-ethyl adjacent to an activating group) is 1. The van der Waals surface area contributed by atoms with E-state index in [1.165, 1.54) is 6.07 Å². The van der Waals surface area contributed by atoms with Crippen molar-refractivity contribution in [2.75, 3.05) is 20.1 Å². The summed E-state index contributed by atoms with van der Waals surface area (Å²) in [4.78, 5) is 13.2. The molecule has 0 radical (unpaired) electrons. The summed E-state index contributed by atoms with van der Waals surface area (Å²) in [6, 6.07) is 6.41. The molecule has 0 aliphatic heterocycles. The molecule has 3 nitrogen and oxygen atoms in total. The SMILES string of the molecule is CCN(C)C(=O)CNC(C)c1ccccc1F. The van der Waals surface area contributed by atoms with Gasteiger partial charge >= 0.3 is 0 Å². The normalized spacial score (nSPS) is 12.2. The third kappa shape index (κ3) is 3.82. The maximum absolute atomic E-state index is 13.5. The van der Waals surface area contributed by atoms with Gasteiger partial charge in [-0.3, -0.25) is 4.79 Å². The first-order chi connectivity index (χ1) is 8.06. The lowest BCUT2D eigenvalue weighted by atomic mass is 10.1. The molecule has 1 N–H and O–H groups in total. The number of nitrogens with one attached hydrogen (secondary N) is 1. The van der Waals surface area contributed by atoms with E-state index in [9.17, 15) is 9.18 Å². The van der Waals surface area contributed by atoms with Gasteiger partial charge in [0, 0.05) is 25.2 Å². The van der Waals surface area contributed by atoms with Crippen molar-refractivity contribution in [2.45, 2.75) is 19.9 Å². The molecule has 94 valence electrons. The monoisotopic (exact) mass is 238 g/mol. The number of halogens is 1. The Morgan fingerprint density at radius 1 is 1.47 bits per heavy atom. The zero-order valence-electron chi connectivity index (χ0n) is 10.5. The van der Waals surface area contributed by atoms with Crippen molar-refractivity contribution in [2.24, 2.45) is 0 Å². The second kappa shape index (κ2) is 6.35. The van der Waals surface area contributed by atoms with Gasteiger partial charge in [0.25, 0.3) is 0 Å². The van der Waals surface area contributed by atoms with Crippen LogP contribution in [0.1, 0.15) is 25.5 Å². The summed E-state index contributed by atoms with van der Waals surface area (Å²) in [5.74, 6) is -0.237. The van der Waals surface area contributed by atoms with Gasteiger partial charge in [-0.15, -0.1) is 0 Å². The highest BCUT2D eigenvalue weighted by atomic mass is 19.1. The second-order valence-electron chi connectivity index (χ2n) is 4.03. The Labute approximate surface area is 102 Å². The first-order valence-corrected chi connectivity index (χ1v) is 5.78. The van der Waals surface area contributed by atoms with Crippen molar-refractivity contribution in [3.8, 4) is 0 Å². The fraction of sp³-hybridized carbons (Fsp3) is 0.462. The molecular formula is C13H19FN2O. The van der Waals surface area contributed by atoms with E-state index in [0.29, 0.717) is 12.1 Å². The zero-order valence-corrected chi connectivity index (χ0v) is 10.5. The molecule has 1 rings (SSSR count). The summed E-state index contributed by atoms with van der Waals surface area (Å²) in [6.07, 6.45) is 0. The maximum Gasteiger partial charge on any atom is 0.236 e. The molecule has 0 aliphatic rings. The average Bonchev–Trinajstić information content (AvgIpc) is 2.35. The van der Waals surface area contributed by atoms with Gasteiger partial charge in [0.05, 0.1) is 6.54 Å². The van der Waals surface area contributed by atoms with Gasteiger partial charge in [-0.2, -0.15) is 0 Å². The highest BCUT2D eigenvalue weighted by Gasteiger charge is 2.12. The molecule has 0 bridgehead atoms. The smallest absolute Gasteiger partial charge is 0.236 e. The first kappa shape index (κ1) is 13.6. The van der Waals surface area contributed by atoms with Gasteiger partial charge in [0.1, 0.15) is 5.82 Å². The molecule has 0 spiro atoms. The molecule has 1 amide bonds. The molecule has 4 heteroatoms. The zero-order chi connectivity index (χ0) is 12.8. The van der Waals surface area contributed by atoms with Crippen LogP contribution in [-0.4, -0.2) is 30.9 Å². The van der Waals surface area contributed by atoms with E-state index in [1.54, 1.807) is 30.1 Å². The van der Waals surface area contributed by atoms with Crippen molar-refractivity contribution in [1.29, 1.82) is 0 Å². The number of amides is 1. The van der Waals surface area contributed by atoms with Crippen LogP contribution in [0.25, 0.3) is 0 Å². The number of benzene rings is 1. The lowest BCUT2D eigenvalue weighted by Gasteiger charge is -2.18. The van der Waals surface area contributed by atoms with Crippen molar-refractivity contribution < 1.29 is 9.18 Å². The van der Waals surface area contributed by atoms with E-state index in [-0.39, 0.29) is 24.3 Å². The summed E-state index contributed by atoms with van der Waals surface area (Å²) in [5, 5.41) is 3.02. The third-order valence-electron chi connectivity index (χ3n) is 2.83. The highest BCUT2D eigenvalue weighted by molar-refractivity contribution is 5.77. The van der Waals surface area contributed by atoms with E-state index in [4.69, 9.17) is 0 Å². The Kier molecular flexibility index (Phi) is 5.10. The van der Waals surface area contributed by atoms with Crippen LogP contribution in [-0.2, 0) is 4.79 Å². The molecule has 1 aromatic rings. The Morgan fingerprint density at radius 3 is 2.71 bits per heavy atom. The average molecular weight is 238 g/mol. The first-order valence-electron chi connectivity index (χ1n) is 5.78. The molecule has 0 aromatic heterocycles. The standard InChI is InChI=1S/C13H19FN2O/c1-4-16(3)13(17)9-15-10(2)11-7-5-6-8-12(11)14/h5-8,10,15H,4,9H2,1-3H3. The Balaban J connectivity index is 2.53. The summed E-state index contributed by atoms with van der Waals surface area (Å²) in [6.45, 7) is 4.66. The summed E-state index contributed by atoms with van der Waals surface area (Å²) in [5.41, 5.74) is 0.583. The molecule has 0 heterocycles. The Hall–Kier alpha value is -1.42. The van der Waals surface area contributed by atoms with Crippen LogP contribution in [0.15, 0.2) is 24.3 Å². The second-order valence-corrected chi connectivity index (χ2v) is 4.03. The van der Waals surface area contributed by atoms with Crippen LogP contribution < -0.4 is 5.32 Å². The number of carbonyl (C=O) groups is 1. The fourth-order valence-corrected chi connectivity index (χ4v) is 1.49. The van der Waals surface area contributed by atoms with Gasteiger partial charge in [0.15, 0.2) is 0 Å². The molecule has 1 unspecified atom stereocenters. The topological polar surface area (TPSA) is 32.3 Å². The van der Waals surface area contributed by atoms with Gasteiger partial charge < -0.3 is 10.2 Å². The van der Waals surface area contributed by atoms with Gasteiger partial charge in [0.2, 0.25) is 5.91 Å². The van der Waals surface area contributed by atoms with Crippen LogP contribution in [0.5, 0.6) is 0 Å². The number of rotatable bonds is 5. The van der Waals surface area contributed by atoms with Crippen molar-refractivity contribution in [3.05, 3.63) is 35.6 Å². The van der Waals surface area contributed by atoms with Crippen molar-refractivity contribution in [1.82, 2.24) is 10.2 Å². The molecule has 0 saturated heterocycles. The highest BCUT2D eigenvalue weighted by Crippen LogP contribution is 2.15. The lowest BCUT2D eigenvalue weighted by Crippen LogP contribution is -2.36.